The van der Waals surface area contributed by atoms with Crippen molar-refractivity contribution in [2.45, 2.75) is 64.1 Å². The SMILES string of the molecule is CCN(CC)c1ccc([C@@H]2[C@H]3CCCC[C@@]3(O)CCN2Cc2ccccc2Cl)cc1. The van der Waals surface area contributed by atoms with E-state index in [4.69, 9.17) is 11.6 Å². The summed E-state index contributed by atoms with van der Waals surface area (Å²) in [5.41, 5.74) is 3.24. The number of hydrogen-bond donors (Lipinski definition) is 1. The topological polar surface area (TPSA) is 26.7 Å². The maximum absolute atomic E-state index is 11.5. The average molecular weight is 427 g/mol. The van der Waals surface area contributed by atoms with Gasteiger partial charge in [0.15, 0.2) is 0 Å². The number of halogens is 1. The van der Waals surface area contributed by atoms with Crippen molar-refractivity contribution in [2.24, 2.45) is 5.92 Å². The third-order valence-electron chi connectivity index (χ3n) is 7.37. The molecule has 1 saturated heterocycles. The largest absolute Gasteiger partial charge is 0.389 e. The summed E-state index contributed by atoms with van der Waals surface area (Å²) in [4.78, 5) is 4.93. The van der Waals surface area contributed by atoms with Crippen molar-refractivity contribution in [3.63, 3.8) is 0 Å². The van der Waals surface area contributed by atoms with Gasteiger partial charge in [-0.05, 0) is 62.4 Å². The number of anilines is 1. The molecule has 30 heavy (non-hydrogen) atoms. The van der Waals surface area contributed by atoms with Crippen LogP contribution >= 0.6 is 11.6 Å². The molecule has 0 aromatic heterocycles. The van der Waals surface area contributed by atoms with E-state index in [1.54, 1.807) is 0 Å². The minimum Gasteiger partial charge on any atom is -0.389 e. The monoisotopic (exact) mass is 426 g/mol. The van der Waals surface area contributed by atoms with Gasteiger partial charge < -0.3 is 10.0 Å². The molecule has 0 radical (unpaired) electrons. The summed E-state index contributed by atoms with van der Waals surface area (Å²) < 4.78 is 0. The summed E-state index contributed by atoms with van der Waals surface area (Å²) in [6, 6.07) is 17.5. The highest BCUT2D eigenvalue weighted by Crippen LogP contribution is 2.49. The number of hydrogen-bond acceptors (Lipinski definition) is 3. The summed E-state index contributed by atoms with van der Waals surface area (Å²) in [6.07, 6.45) is 5.24. The summed E-state index contributed by atoms with van der Waals surface area (Å²) in [7, 11) is 0. The first kappa shape index (κ1) is 21.7. The van der Waals surface area contributed by atoms with Gasteiger partial charge in [0.2, 0.25) is 0 Å². The molecule has 162 valence electrons. The van der Waals surface area contributed by atoms with Gasteiger partial charge in [-0.2, -0.15) is 0 Å². The Morgan fingerprint density at radius 1 is 1.03 bits per heavy atom. The maximum atomic E-state index is 11.5. The molecular weight excluding hydrogens is 392 g/mol. The molecule has 1 N–H and O–H groups in total. The van der Waals surface area contributed by atoms with Crippen LogP contribution in [0.3, 0.4) is 0 Å². The van der Waals surface area contributed by atoms with Crippen molar-refractivity contribution in [3.8, 4) is 0 Å². The molecule has 3 nitrogen and oxygen atoms in total. The zero-order valence-corrected chi connectivity index (χ0v) is 19.1. The second-order valence-corrected chi connectivity index (χ2v) is 9.38. The second-order valence-electron chi connectivity index (χ2n) is 8.98. The van der Waals surface area contributed by atoms with Crippen LogP contribution in [-0.4, -0.2) is 35.2 Å². The molecule has 0 bridgehead atoms. The first-order valence-electron chi connectivity index (χ1n) is 11.6. The van der Waals surface area contributed by atoms with Crippen molar-refractivity contribution < 1.29 is 5.11 Å². The van der Waals surface area contributed by atoms with Crippen molar-refractivity contribution in [3.05, 3.63) is 64.7 Å². The van der Waals surface area contributed by atoms with Crippen LogP contribution in [0.15, 0.2) is 48.5 Å². The van der Waals surface area contributed by atoms with Gasteiger partial charge in [0.05, 0.1) is 5.60 Å². The zero-order chi connectivity index (χ0) is 21.1. The second kappa shape index (κ2) is 9.30. The Bertz CT molecular complexity index is 835. The molecule has 2 aromatic carbocycles. The van der Waals surface area contributed by atoms with Crippen LogP contribution in [0.4, 0.5) is 5.69 Å². The Labute approximate surface area is 186 Å². The highest BCUT2D eigenvalue weighted by Gasteiger charge is 2.48. The summed E-state index contributed by atoms with van der Waals surface area (Å²) in [6.45, 7) is 8.16. The van der Waals surface area contributed by atoms with Gasteiger partial charge in [-0.15, -0.1) is 0 Å². The first-order chi connectivity index (χ1) is 14.6. The van der Waals surface area contributed by atoms with Gasteiger partial charge in [-0.25, -0.2) is 0 Å². The van der Waals surface area contributed by atoms with E-state index >= 15 is 0 Å². The molecule has 4 heteroatoms. The van der Waals surface area contributed by atoms with Crippen LogP contribution in [0.5, 0.6) is 0 Å². The van der Waals surface area contributed by atoms with Crippen LogP contribution in [0.25, 0.3) is 0 Å². The smallest absolute Gasteiger partial charge is 0.0706 e. The van der Waals surface area contributed by atoms with Crippen LogP contribution in [0, 0.1) is 5.92 Å². The Kier molecular flexibility index (Phi) is 6.72. The number of likely N-dealkylation sites (tertiary alicyclic amines) is 1. The molecule has 2 aromatic rings. The molecule has 2 fully saturated rings. The van der Waals surface area contributed by atoms with Crippen molar-refractivity contribution in [2.75, 3.05) is 24.5 Å². The summed E-state index contributed by atoms with van der Waals surface area (Å²) >= 11 is 6.51. The zero-order valence-electron chi connectivity index (χ0n) is 18.4. The van der Waals surface area contributed by atoms with E-state index in [1.165, 1.54) is 23.2 Å². The van der Waals surface area contributed by atoms with E-state index < -0.39 is 5.60 Å². The molecular formula is C26H35ClN2O. The van der Waals surface area contributed by atoms with Crippen molar-refractivity contribution in [1.29, 1.82) is 0 Å². The molecule has 1 aliphatic heterocycles. The number of aliphatic hydroxyl groups is 1. The predicted molar refractivity (Wildman–Crippen MR) is 126 cm³/mol. The van der Waals surface area contributed by atoms with Gasteiger partial charge in [0.1, 0.15) is 0 Å². The third kappa shape index (κ3) is 4.26. The Morgan fingerprint density at radius 3 is 2.47 bits per heavy atom. The maximum Gasteiger partial charge on any atom is 0.0706 e. The molecule has 4 rings (SSSR count). The van der Waals surface area contributed by atoms with Gasteiger partial charge in [-0.1, -0.05) is 54.8 Å². The Hall–Kier alpha value is -1.55. The van der Waals surface area contributed by atoms with E-state index in [9.17, 15) is 5.11 Å². The van der Waals surface area contributed by atoms with Crippen LogP contribution < -0.4 is 4.90 Å². The Balaban J connectivity index is 1.67. The third-order valence-corrected chi connectivity index (χ3v) is 7.73. The lowest BCUT2D eigenvalue weighted by Crippen LogP contribution is -2.54. The van der Waals surface area contributed by atoms with Crippen LogP contribution in [0.2, 0.25) is 5.02 Å². The summed E-state index contributed by atoms with van der Waals surface area (Å²) in [5.74, 6) is 0.279. The van der Waals surface area contributed by atoms with Crippen molar-refractivity contribution >= 4 is 17.3 Å². The first-order valence-corrected chi connectivity index (χ1v) is 12.0. The molecule has 0 spiro atoms. The molecule has 3 atom stereocenters. The molecule has 2 aliphatic rings. The molecule has 0 unspecified atom stereocenters. The summed E-state index contributed by atoms with van der Waals surface area (Å²) in [5, 5.41) is 12.4. The minimum absolute atomic E-state index is 0.228. The fraction of sp³-hybridized carbons (Fsp3) is 0.538. The standard InChI is InChI=1S/C26H35ClN2O/c1-3-28(4-2)22-14-12-20(13-15-22)25-23-10-7-8-16-26(23,30)17-18-29(25)19-21-9-5-6-11-24(21)27/h5-6,9,11-15,23,25,30H,3-4,7-8,10,16-19H2,1-2H3/t23-,25-,26-/m1/s1. The van der Waals surface area contributed by atoms with Crippen LogP contribution in [0.1, 0.15) is 63.1 Å². The highest BCUT2D eigenvalue weighted by atomic mass is 35.5. The van der Waals surface area contributed by atoms with E-state index in [1.807, 2.05) is 12.1 Å². The van der Waals surface area contributed by atoms with Crippen molar-refractivity contribution in [1.82, 2.24) is 4.90 Å². The lowest BCUT2D eigenvalue weighted by Gasteiger charge is -2.53. The molecule has 1 heterocycles. The number of benzene rings is 2. The predicted octanol–water partition coefficient (Wildman–Crippen LogP) is 6.05. The lowest BCUT2D eigenvalue weighted by atomic mass is 9.66. The normalized spacial score (nSPS) is 26.9. The van der Waals surface area contributed by atoms with Gasteiger partial charge in [0.25, 0.3) is 0 Å². The van der Waals surface area contributed by atoms with E-state index in [0.717, 1.165) is 56.9 Å². The quantitative estimate of drug-likeness (QED) is 0.608. The van der Waals surface area contributed by atoms with E-state index in [0.29, 0.717) is 0 Å². The van der Waals surface area contributed by atoms with Crippen LogP contribution in [-0.2, 0) is 6.54 Å². The fourth-order valence-electron chi connectivity index (χ4n) is 5.68. The number of piperidine rings is 1. The number of fused-ring (bicyclic) bond motifs is 1. The molecule has 1 saturated carbocycles. The number of rotatable bonds is 6. The lowest BCUT2D eigenvalue weighted by molar-refractivity contribution is -0.126. The average Bonchev–Trinajstić information content (AvgIpc) is 2.77. The van der Waals surface area contributed by atoms with E-state index in [2.05, 4.69) is 60.0 Å². The fourth-order valence-corrected chi connectivity index (χ4v) is 5.87. The minimum atomic E-state index is -0.530. The molecule has 1 aliphatic carbocycles. The van der Waals surface area contributed by atoms with Gasteiger partial charge in [0, 0.05) is 48.8 Å². The van der Waals surface area contributed by atoms with Gasteiger partial charge in [-0.3, -0.25) is 4.90 Å². The number of nitrogens with zero attached hydrogens (tertiary/aromatic N) is 2. The highest BCUT2D eigenvalue weighted by molar-refractivity contribution is 6.31. The molecule has 0 amide bonds. The van der Waals surface area contributed by atoms with E-state index in [-0.39, 0.29) is 12.0 Å². The Morgan fingerprint density at radius 2 is 1.77 bits per heavy atom. The van der Waals surface area contributed by atoms with Gasteiger partial charge >= 0.3 is 0 Å².